The molecule has 1 fully saturated rings. The van der Waals surface area contributed by atoms with Crippen LogP contribution < -0.4 is 4.72 Å². The molecule has 0 aromatic carbocycles. The first kappa shape index (κ1) is 13.1. The second-order valence-corrected chi connectivity index (χ2v) is 5.16. The summed E-state index contributed by atoms with van der Waals surface area (Å²) in [5.74, 6) is 0.919. The lowest BCUT2D eigenvalue weighted by atomic mass is 10.2. The van der Waals surface area contributed by atoms with Crippen LogP contribution in [0.2, 0.25) is 0 Å². The molecule has 1 amide bonds. The zero-order chi connectivity index (χ0) is 11.1. The van der Waals surface area contributed by atoms with Gasteiger partial charge < -0.3 is 0 Å². The van der Waals surface area contributed by atoms with Crippen molar-refractivity contribution in [3.63, 3.8) is 0 Å². The van der Waals surface area contributed by atoms with E-state index in [-0.39, 0.29) is 11.8 Å². The number of amides is 1. The summed E-state index contributed by atoms with van der Waals surface area (Å²) in [7, 11) is 2.43. The van der Waals surface area contributed by atoms with Crippen molar-refractivity contribution in [2.45, 2.75) is 39.0 Å². The van der Waals surface area contributed by atoms with Gasteiger partial charge in [0.15, 0.2) is 0 Å². The van der Waals surface area contributed by atoms with Crippen LogP contribution in [0.4, 0.5) is 0 Å². The minimum absolute atomic E-state index is 0.179. The highest BCUT2D eigenvalue weighted by Gasteiger charge is 2.40. The molecule has 86 valence electrons. The summed E-state index contributed by atoms with van der Waals surface area (Å²) in [6.07, 6.45) is 10.5. The zero-order valence-corrected chi connectivity index (χ0v) is 11.2. The summed E-state index contributed by atoms with van der Waals surface area (Å²) in [4.78, 5) is 11.4. The Labute approximate surface area is 98.7 Å². The van der Waals surface area contributed by atoms with Gasteiger partial charge in [-0.15, -0.1) is 0 Å². The third-order valence-electron chi connectivity index (χ3n) is 2.69. The van der Waals surface area contributed by atoms with Crippen LogP contribution in [0.25, 0.3) is 0 Å². The van der Waals surface area contributed by atoms with E-state index in [1.807, 2.05) is 0 Å². The predicted molar refractivity (Wildman–Crippen MR) is 70.3 cm³/mol. The van der Waals surface area contributed by atoms with Crippen molar-refractivity contribution in [1.82, 2.24) is 4.72 Å². The van der Waals surface area contributed by atoms with Gasteiger partial charge in [0.05, 0.1) is 0 Å². The van der Waals surface area contributed by atoms with Gasteiger partial charge >= 0.3 is 0 Å². The number of hydrogen-bond donors (Lipinski definition) is 1. The van der Waals surface area contributed by atoms with Crippen molar-refractivity contribution >= 4 is 25.9 Å². The van der Waals surface area contributed by atoms with Gasteiger partial charge in [-0.3, -0.25) is 9.52 Å². The van der Waals surface area contributed by atoms with Gasteiger partial charge in [-0.25, -0.2) is 0 Å². The first-order valence-corrected chi connectivity index (χ1v) is 7.91. The summed E-state index contributed by atoms with van der Waals surface area (Å²) in [6.45, 7) is 2.21. The Bertz CT molecular complexity index is 233. The van der Waals surface area contributed by atoms with Crippen molar-refractivity contribution in [1.29, 1.82) is 0 Å². The van der Waals surface area contributed by atoms with E-state index in [2.05, 4.69) is 32.2 Å². The molecular formula is C11H20NOPS. The van der Waals surface area contributed by atoms with Crippen LogP contribution in [-0.4, -0.2) is 5.91 Å². The highest BCUT2D eigenvalue weighted by molar-refractivity contribution is 8.42. The quantitative estimate of drug-likeness (QED) is 0.323. The summed E-state index contributed by atoms with van der Waals surface area (Å²) >= 11 is 1.31. The van der Waals surface area contributed by atoms with Crippen molar-refractivity contribution in [3.05, 3.63) is 12.2 Å². The number of rotatable bonds is 7. The van der Waals surface area contributed by atoms with Crippen molar-refractivity contribution in [3.8, 4) is 0 Å². The van der Waals surface area contributed by atoms with Gasteiger partial charge in [-0.05, 0) is 36.7 Å². The predicted octanol–water partition coefficient (Wildman–Crippen LogP) is 3.31. The molecule has 0 saturated heterocycles. The number of hydrogen-bond acceptors (Lipinski definition) is 2. The van der Waals surface area contributed by atoms with Gasteiger partial charge in [0.25, 0.3) is 0 Å². The maximum Gasteiger partial charge on any atom is 0.233 e. The second-order valence-electron chi connectivity index (χ2n) is 4.01. The molecule has 15 heavy (non-hydrogen) atoms. The van der Waals surface area contributed by atoms with Crippen LogP contribution >= 0.6 is 20.0 Å². The molecular weight excluding hydrogens is 225 g/mol. The minimum atomic E-state index is 0.179. The third kappa shape index (κ3) is 5.03. The number of carbonyl (C=O) groups is 1. The van der Waals surface area contributed by atoms with Gasteiger partial charge in [0.2, 0.25) is 5.91 Å². The molecule has 0 bridgehead atoms. The maximum absolute atomic E-state index is 11.4. The lowest BCUT2D eigenvalue weighted by Gasteiger charge is -1.97. The molecule has 0 radical (unpaired) electrons. The second kappa shape index (κ2) is 7.29. The van der Waals surface area contributed by atoms with E-state index in [1.165, 1.54) is 30.8 Å². The molecule has 0 aliphatic heterocycles. The van der Waals surface area contributed by atoms with Crippen molar-refractivity contribution in [2.75, 3.05) is 0 Å². The fourth-order valence-electron chi connectivity index (χ4n) is 1.65. The first-order chi connectivity index (χ1) is 7.29. The first-order valence-electron chi connectivity index (χ1n) is 5.61. The third-order valence-corrected chi connectivity index (χ3v) is 3.37. The summed E-state index contributed by atoms with van der Waals surface area (Å²) < 4.78 is 2.75. The molecule has 1 saturated carbocycles. The van der Waals surface area contributed by atoms with Crippen molar-refractivity contribution in [2.24, 2.45) is 11.8 Å². The summed E-state index contributed by atoms with van der Waals surface area (Å²) in [5, 5.41) is 0. The standard InChI is InChI=1S/C11H20NOPS/c1-2-3-4-5-6-7-9-8-10(9)11(13)12-15-14/h6-7,9-10H,2-5,8,14H2,1H3,(H,12,13)/b7-6-. The van der Waals surface area contributed by atoms with Crippen LogP contribution in [-0.2, 0) is 4.79 Å². The smallest absolute Gasteiger partial charge is 0.233 e. The van der Waals surface area contributed by atoms with Gasteiger partial charge in [-0.2, -0.15) is 0 Å². The van der Waals surface area contributed by atoms with E-state index in [1.54, 1.807) is 0 Å². The monoisotopic (exact) mass is 245 g/mol. The van der Waals surface area contributed by atoms with Crippen LogP contribution in [0.15, 0.2) is 12.2 Å². The van der Waals surface area contributed by atoms with Crippen molar-refractivity contribution < 1.29 is 4.79 Å². The highest BCUT2D eigenvalue weighted by Crippen LogP contribution is 2.40. The van der Waals surface area contributed by atoms with Gasteiger partial charge in [0, 0.05) is 5.92 Å². The van der Waals surface area contributed by atoms with E-state index >= 15 is 0 Å². The molecule has 1 N–H and O–H groups in total. The summed E-state index contributed by atoms with van der Waals surface area (Å²) in [5.41, 5.74) is 0. The molecule has 0 aromatic heterocycles. The largest absolute Gasteiger partial charge is 0.297 e. The van der Waals surface area contributed by atoms with E-state index < -0.39 is 0 Å². The number of nitrogens with one attached hydrogen (secondary N) is 1. The Morgan fingerprint density at radius 2 is 2.40 bits per heavy atom. The number of allylic oxidation sites excluding steroid dienone is 2. The van der Waals surface area contributed by atoms with Crippen LogP contribution in [0.5, 0.6) is 0 Å². The zero-order valence-electron chi connectivity index (χ0n) is 9.24. The topological polar surface area (TPSA) is 29.1 Å². The number of unbranched alkanes of at least 4 members (excludes halogenated alkanes) is 3. The number of carbonyl (C=O) groups excluding carboxylic acids is 1. The van der Waals surface area contributed by atoms with Gasteiger partial charge in [-0.1, -0.05) is 40.4 Å². The lowest BCUT2D eigenvalue weighted by molar-refractivity contribution is -0.120. The van der Waals surface area contributed by atoms with E-state index in [0.29, 0.717) is 5.92 Å². The molecule has 1 aliphatic rings. The molecule has 1 rings (SSSR count). The molecule has 3 atom stereocenters. The molecule has 2 nitrogen and oxygen atoms in total. The molecule has 0 heterocycles. The SMILES string of the molecule is CCCCC/C=C\C1CC1C(=O)NSP. The van der Waals surface area contributed by atoms with Gasteiger partial charge in [0.1, 0.15) is 0 Å². The van der Waals surface area contributed by atoms with Crippen LogP contribution in [0, 0.1) is 11.8 Å². The Morgan fingerprint density at radius 3 is 3.07 bits per heavy atom. The summed E-state index contributed by atoms with van der Waals surface area (Å²) in [6, 6.07) is 0. The average molecular weight is 245 g/mol. The Balaban J connectivity index is 2.07. The minimum Gasteiger partial charge on any atom is -0.297 e. The molecule has 1 aliphatic carbocycles. The molecule has 4 heteroatoms. The lowest BCUT2D eigenvalue weighted by Crippen LogP contribution is -2.16. The van der Waals surface area contributed by atoms with E-state index in [0.717, 1.165) is 12.8 Å². The van der Waals surface area contributed by atoms with Crippen LogP contribution in [0.1, 0.15) is 39.0 Å². The average Bonchev–Trinajstić information content (AvgIpc) is 2.97. The molecule has 0 aromatic rings. The molecule has 0 spiro atoms. The van der Waals surface area contributed by atoms with E-state index in [9.17, 15) is 4.79 Å². The fraction of sp³-hybridized carbons (Fsp3) is 0.727. The van der Waals surface area contributed by atoms with E-state index in [4.69, 9.17) is 0 Å². The van der Waals surface area contributed by atoms with Crippen LogP contribution in [0.3, 0.4) is 0 Å². The maximum atomic E-state index is 11.4. The highest BCUT2D eigenvalue weighted by atomic mass is 32.7. The fourth-order valence-corrected chi connectivity index (χ4v) is 2.26. The Kier molecular flexibility index (Phi) is 6.35. The Hall–Kier alpha value is -0.0100. The normalized spacial score (nSPS) is 24.4. The molecule has 3 unspecified atom stereocenters. The Morgan fingerprint density at radius 1 is 1.60 bits per heavy atom.